The molecule has 7 heteroatoms. The van der Waals surface area contributed by atoms with Crippen molar-refractivity contribution in [3.63, 3.8) is 0 Å². The fraction of sp³-hybridized carbons (Fsp3) is 0.615. The van der Waals surface area contributed by atoms with Crippen molar-refractivity contribution in [1.82, 2.24) is 10.3 Å². The van der Waals surface area contributed by atoms with Crippen molar-refractivity contribution in [3.05, 3.63) is 27.4 Å². The molecule has 0 amide bonds. The Hall–Kier alpha value is -1.40. The molecule has 2 fully saturated rings. The third-order valence-corrected chi connectivity index (χ3v) is 4.70. The van der Waals surface area contributed by atoms with Crippen LogP contribution in [0.15, 0.2) is 12.3 Å². The molecule has 2 aliphatic rings. The number of anilines is 1. The molecular weight excluding hydrogens is 280 g/mol. The maximum absolute atomic E-state index is 10.8. The molecule has 0 radical (unpaired) electrons. The van der Waals surface area contributed by atoms with Crippen LogP contribution in [0, 0.1) is 22.0 Å². The number of nitro groups is 1. The first-order chi connectivity index (χ1) is 9.61. The van der Waals surface area contributed by atoms with E-state index in [0.717, 1.165) is 26.1 Å². The number of fused-ring (bicyclic) bond motifs is 1. The minimum absolute atomic E-state index is 0.0622. The van der Waals surface area contributed by atoms with Crippen molar-refractivity contribution in [2.45, 2.75) is 19.4 Å². The molecule has 0 saturated carbocycles. The summed E-state index contributed by atoms with van der Waals surface area (Å²) in [6, 6.07) is 1.80. The molecule has 6 nitrogen and oxygen atoms in total. The lowest BCUT2D eigenvalue weighted by Gasteiger charge is -2.28. The van der Waals surface area contributed by atoms with E-state index in [9.17, 15) is 10.1 Å². The highest BCUT2D eigenvalue weighted by Gasteiger charge is 2.44. The van der Waals surface area contributed by atoms with Crippen molar-refractivity contribution in [3.8, 4) is 0 Å². The van der Waals surface area contributed by atoms with E-state index in [4.69, 9.17) is 11.6 Å². The molecule has 0 aliphatic carbocycles. The van der Waals surface area contributed by atoms with Crippen LogP contribution in [-0.2, 0) is 0 Å². The summed E-state index contributed by atoms with van der Waals surface area (Å²) in [7, 11) is 0. The number of hydrogen-bond donors (Lipinski definition) is 1. The van der Waals surface area contributed by atoms with Gasteiger partial charge < -0.3 is 10.2 Å². The number of hydrogen-bond acceptors (Lipinski definition) is 5. The molecule has 20 heavy (non-hydrogen) atoms. The van der Waals surface area contributed by atoms with Crippen molar-refractivity contribution in [1.29, 1.82) is 0 Å². The standard InChI is InChI=1S/C13H17ClN4O2/c1-2-12-10-6-15-4-8(10)7-17(12)13-11(14)3-9(5-16-13)18(19)20/h3,5,8,10,12,15H,2,4,6-7H2,1H3. The van der Waals surface area contributed by atoms with Crippen molar-refractivity contribution >= 4 is 23.1 Å². The molecule has 0 aromatic carbocycles. The number of pyridine rings is 1. The lowest BCUT2D eigenvalue weighted by Crippen LogP contribution is -2.35. The largest absolute Gasteiger partial charge is 0.352 e. The van der Waals surface area contributed by atoms with E-state index in [1.807, 2.05) is 0 Å². The number of aromatic nitrogens is 1. The normalized spacial score (nSPS) is 28.7. The molecule has 1 N–H and O–H groups in total. The first-order valence-electron chi connectivity index (χ1n) is 6.89. The van der Waals surface area contributed by atoms with Crippen LogP contribution < -0.4 is 10.2 Å². The van der Waals surface area contributed by atoms with Gasteiger partial charge in [-0.2, -0.15) is 0 Å². The van der Waals surface area contributed by atoms with Gasteiger partial charge >= 0.3 is 0 Å². The Bertz CT molecular complexity index is 539. The quantitative estimate of drug-likeness (QED) is 0.683. The number of nitrogens with zero attached hydrogens (tertiary/aromatic N) is 3. The first kappa shape index (κ1) is 13.6. The van der Waals surface area contributed by atoms with Crippen LogP contribution in [-0.4, -0.2) is 35.6 Å². The van der Waals surface area contributed by atoms with Gasteiger partial charge in [0.15, 0.2) is 0 Å². The summed E-state index contributed by atoms with van der Waals surface area (Å²) in [5.74, 6) is 1.92. The van der Waals surface area contributed by atoms with Crippen molar-refractivity contribution < 1.29 is 4.92 Å². The maximum atomic E-state index is 10.8. The van der Waals surface area contributed by atoms with Gasteiger partial charge in [-0.1, -0.05) is 18.5 Å². The number of halogens is 1. The Labute approximate surface area is 122 Å². The summed E-state index contributed by atoms with van der Waals surface area (Å²) in [6.45, 7) is 5.14. The Morgan fingerprint density at radius 2 is 2.40 bits per heavy atom. The molecule has 3 heterocycles. The van der Waals surface area contributed by atoms with Crippen LogP contribution in [0.3, 0.4) is 0 Å². The minimum Gasteiger partial charge on any atom is -0.352 e. The second-order valence-corrected chi connectivity index (χ2v) is 5.87. The van der Waals surface area contributed by atoms with Gasteiger partial charge in [-0.05, 0) is 18.3 Å². The summed E-state index contributed by atoms with van der Waals surface area (Å²) in [6.07, 6.45) is 2.32. The fourth-order valence-electron chi connectivity index (χ4n) is 3.52. The van der Waals surface area contributed by atoms with Crippen LogP contribution in [0.25, 0.3) is 0 Å². The van der Waals surface area contributed by atoms with E-state index in [1.54, 1.807) is 0 Å². The second kappa shape index (κ2) is 5.18. The Morgan fingerprint density at radius 3 is 3.05 bits per heavy atom. The smallest absolute Gasteiger partial charge is 0.289 e. The van der Waals surface area contributed by atoms with Gasteiger partial charge in [0.1, 0.15) is 12.0 Å². The fourth-order valence-corrected chi connectivity index (χ4v) is 3.79. The summed E-state index contributed by atoms with van der Waals surface area (Å²) in [4.78, 5) is 16.7. The summed E-state index contributed by atoms with van der Waals surface area (Å²) < 4.78 is 0. The Morgan fingerprint density at radius 1 is 1.60 bits per heavy atom. The monoisotopic (exact) mass is 296 g/mol. The predicted octanol–water partition coefficient (Wildman–Crippen LogP) is 2.08. The molecule has 3 rings (SSSR count). The molecule has 2 aliphatic heterocycles. The van der Waals surface area contributed by atoms with Gasteiger partial charge in [-0.3, -0.25) is 10.1 Å². The van der Waals surface area contributed by atoms with E-state index < -0.39 is 4.92 Å². The lowest BCUT2D eigenvalue weighted by molar-refractivity contribution is -0.385. The van der Waals surface area contributed by atoms with E-state index in [0.29, 0.717) is 28.7 Å². The molecule has 2 saturated heterocycles. The SMILES string of the molecule is CCC1C2CNCC2CN1c1ncc([N+](=O)[O-])cc1Cl. The van der Waals surface area contributed by atoms with Gasteiger partial charge in [0.2, 0.25) is 0 Å². The molecule has 0 bridgehead atoms. The minimum atomic E-state index is -0.470. The van der Waals surface area contributed by atoms with Crippen LogP contribution in [0.1, 0.15) is 13.3 Å². The van der Waals surface area contributed by atoms with Crippen molar-refractivity contribution in [2.75, 3.05) is 24.5 Å². The molecule has 3 unspecified atom stereocenters. The van der Waals surface area contributed by atoms with E-state index in [1.165, 1.54) is 12.3 Å². The average molecular weight is 297 g/mol. The van der Waals surface area contributed by atoms with E-state index >= 15 is 0 Å². The average Bonchev–Trinajstić information content (AvgIpc) is 2.98. The van der Waals surface area contributed by atoms with Crippen LogP contribution in [0.4, 0.5) is 11.5 Å². The highest BCUT2D eigenvalue weighted by Crippen LogP contribution is 2.39. The Kier molecular flexibility index (Phi) is 3.52. The second-order valence-electron chi connectivity index (χ2n) is 5.47. The Balaban J connectivity index is 1.91. The van der Waals surface area contributed by atoms with Gasteiger partial charge in [0, 0.05) is 31.7 Å². The van der Waals surface area contributed by atoms with Crippen LogP contribution >= 0.6 is 11.6 Å². The molecule has 0 spiro atoms. The summed E-state index contributed by atoms with van der Waals surface area (Å²) >= 11 is 6.21. The van der Waals surface area contributed by atoms with E-state index in [-0.39, 0.29) is 5.69 Å². The van der Waals surface area contributed by atoms with Crippen LogP contribution in [0.5, 0.6) is 0 Å². The van der Waals surface area contributed by atoms with Gasteiger partial charge in [-0.25, -0.2) is 4.98 Å². The number of nitrogens with one attached hydrogen (secondary N) is 1. The summed E-state index contributed by atoms with van der Waals surface area (Å²) in [5.41, 5.74) is -0.0622. The first-order valence-corrected chi connectivity index (χ1v) is 7.27. The van der Waals surface area contributed by atoms with Crippen LogP contribution in [0.2, 0.25) is 5.02 Å². The zero-order chi connectivity index (χ0) is 14.3. The summed E-state index contributed by atoms with van der Waals surface area (Å²) in [5, 5.41) is 14.5. The number of rotatable bonds is 3. The molecule has 3 atom stereocenters. The molecule has 1 aromatic heterocycles. The zero-order valence-corrected chi connectivity index (χ0v) is 12.0. The van der Waals surface area contributed by atoms with E-state index in [2.05, 4.69) is 22.1 Å². The van der Waals surface area contributed by atoms with Crippen molar-refractivity contribution in [2.24, 2.45) is 11.8 Å². The lowest BCUT2D eigenvalue weighted by atomic mass is 9.93. The predicted molar refractivity (Wildman–Crippen MR) is 77.2 cm³/mol. The highest BCUT2D eigenvalue weighted by atomic mass is 35.5. The molecule has 1 aromatic rings. The highest BCUT2D eigenvalue weighted by molar-refractivity contribution is 6.33. The topological polar surface area (TPSA) is 71.3 Å². The molecule has 108 valence electrons. The van der Waals surface area contributed by atoms with Gasteiger partial charge in [-0.15, -0.1) is 0 Å². The van der Waals surface area contributed by atoms with Gasteiger partial charge in [0.25, 0.3) is 5.69 Å². The van der Waals surface area contributed by atoms with Gasteiger partial charge in [0.05, 0.1) is 9.95 Å². The third kappa shape index (κ3) is 2.13. The molecular formula is C13H17ClN4O2. The maximum Gasteiger partial charge on any atom is 0.289 e. The zero-order valence-electron chi connectivity index (χ0n) is 11.3. The third-order valence-electron chi connectivity index (χ3n) is 4.43.